The summed E-state index contributed by atoms with van der Waals surface area (Å²) in [7, 11) is 0. The molecule has 0 saturated heterocycles. The number of hydrogen-bond acceptors (Lipinski definition) is 6. The van der Waals surface area contributed by atoms with Crippen LogP contribution in [0.15, 0.2) is 66.7 Å². The van der Waals surface area contributed by atoms with Crippen molar-refractivity contribution in [2.45, 2.75) is 0 Å². The Kier molecular flexibility index (Phi) is 4.34. The summed E-state index contributed by atoms with van der Waals surface area (Å²) in [4.78, 5) is 48.7. The number of rotatable bonds is 3. The number of halogens is 1. The molecule has 0 unspecified atom stereocenters. The highest BCUT2D eigenvalue weighted by molar-refractivity contribution is 7.19. The van der Waals surface area contributed by atoms with E-state index in [1.54, 1.807) is 48.5 Å². The molecule has 0 N–H and O–H groups in total. The number of benzene rings is 2. The second-order valence-corrected chi connectivity index (χ2v) is 8.22. The van der Waals surface area contributed by atoms with E-state index in [1.807, 2.05) is 6.07 Å². The molecule has 3 heterocycles. The third-order valence-electron chi connectivity index (χ3n) is 4.69. The first-order valence-corrected chi connectivity index (χ1v) is 10.1. The number of nitrogens with zero attached hydrogens (tertiary/aromatic N) is 2. The van der Waals surface area contributed by atoms with Crippen molar-refractivity contribution in [3.8, 4) is 10.6 Å². The average molecular weight is 435 g/mol. The molecule has 0 aliphatic carbocycles. The van der Waals surface area contributed by atoms with E-state index in [0.29, 0.717) is 26.0 Å². The van der Waals surface area contributed by atoms with Gasteiger partial charge in [-0.2, -0.15) is 0 Å². The summed E-state index contributed by atoms with van der Waals surface area (Å²) in [5, 5.41) is 1.05. The summed E-state index contributed by atoms with van der Waals surface area (Å²) in [6.45, 7) is 0. The van der Waals surface area contributed by atoms with E-state index < -0.39 is 17.8 Å². The molecule has 2 aromatic carbocycles. The minimum Gasteiger partial charge on any atom is -0.324 e. The smallest absolute Gasteiger partial charge is 0.324 e. The van der Waals surface area contributed by atoms with Crippen molar-refractivity contribution >= 4 is 51.6 Å². The Morgan fingerprint density at radius 3 is 2.27 bits per heavy atom. The predicted octanol–water partition coefficient (Wildman–Crippen LogP) is 4.98. The molecule has 5 rings (SSSR count). The van der Waals surface area contributed by atoms with Crippen LogP contribution in [0, 0.1) is 0 Å². The normalized spacial score (nSPS) is 13.0. The number of aromatic nitrogens is 1. The molecule has 0 saturated carbocycles. The fourth-order valence-corrected chi connectivity index (χ4v) is 4.31. The lowest BCUT2D eigenvalue weighted by atomic mass is 10.1. The van der Waals surface area contributed by atoms with E-state index in [2.05, 4.69) is 4.98 Å². The lowest BCUT2D eigenvalue weighted by Gasteiger charge is -2.14. The highest BCUT2D eigenvalue weighted by Gasteiger charge is 2.39. The molecule has 2 amide bonds. The van der Waals surface area contributed by atoms with E-state index in [1.165, 1.54) is 23.5 Å². The van der Waals surface area contributed by atoms with Crippen LogP contribution < -0.4 is 0 Å². The van der Waals surface area contributed by atoms with Crippen molar-refractivity contribution in [2.75, 3.05) is 0 Å². The number of carbonyl (C=O) groups excluding carboxylic acids is 3. The molecule has 30 heavy (non-hydrogen) atoms. The molecule has 2 aromatic heterocycles. The molecular formula is C22H11ClN2O4S. The first-order valence-electron chi connectivity index (χ1n) is 8.88. The summed E-state index contributed by atoms with van der Waals surface area (Å²) in [5.74, 6) is -2.17. The molecule has 0 radical (unpaired) electrons. The minimum absolute atomic E-state index is 0.191. The Bertz CT molecular complexity index is 1330. The number of hydroxylamine groups is 2. The van der Waals surface area contributed by atoms with Gasteiger partial charge in [-0.1, -0.05) is 47.0 Å². The Hall–Kier alpha value is -3.55. The van der Waals surface area contributed by atoms with Gasteiger partial charge in [0.25, 0.3) is 11.8 Å². The number of thiophene rings is 1. The third kappa shape index (κ3) is 2.96. The SMILES string of the molecule is O=C(ON1C(=O)c2ccccc2C1=O)c1cc(-c2ccc(Cl)s2)nc2ccccc12. The molecule has 0 spiro atoms. The molecule has 146 valence electrons. The summed E-state index contributed by atoms with van der Waals surface area (Å²) in [6.07, 6.45) is 0. The van der Waals surface area contributed by atoms with Gasteiger partial charge >= 0.3 is 5.97 Å². The quantitative estimate of drug-likeness (QED) is 0.425. The fraction of sp³-hybridized carbons (Fsp3) is 0. The molecule has 1 aliphatic rings. The van der Waals surface area contributed by atoms with Gasteiger partial charge in [0.1, 0.15) is 0 Å². The molecule has 8 heteroatoms. The van der Waals surface area contributed by atoms with Crippen LogP contribution in [0.5, 0.6) is 0 Å². The van der Waals surface area contributed by atoms with E-state index in [4.69, 9.17) is 16.4 Å². The first-order chi connectivity index (χ1) is 14.5. The third-order valence-corrected chi connectivity index (χ3v) is 5.95. The van der Waals surface area contributed by atoms with Gasteiger partial charge in [-0.25, -0.2) is 9.78 Å². The average Bonchev–Trinajstić information content (AvgIpc) is 3.30. The van der Waals surface area contributed by atoms with Crippen molar-refractivity contribution in [3.05, 3.63) is 87.8 Å². The van der Waals surface area contributed by atoms with Crippen molar-refractivity contribution in [1.29, 1.82) is 0 Å². The largest absolute Gasteiger partial charge is 0.364 e. The Morgan fingerprint density at radius 1 is 0.933 bits per heavy atom. The van der Waals surface area contributed by atoms with Gasteiger partial charge in [-0.15, -0.1) is 11.3 Å². The summed E-state index contributed by atoms with van der Waals surface area (Å²) >= 11 is 7.37. The molecular weight excluding hydrogens is 424 g/mol. The van der Waals surface area contributed by atoms with Crippen LogP contribution in [0.3, 0.4) is 0 Å². The number of para-hydroxylation sites is 1. The van der Waals surface area contributed by atoms with Gasteiger partial charge in [0.05, 0.1) is 37.1 Å². The summed E-state index contributed by atoms with van der Waals surface area (Å²) < 4.78 is 0.593. The summed E-state index contributed by atoms with van der Waals surface area (Å²) in [6, 6.07) is 18.5. The van der Waals surface area contributed by atoms with Gasteiger partial charge in [0.2, 0.25) is 0 Å². The number of amides is 2. The maximum atomic E-state index is 13.0. The topological polar surface area (TPSA) is 76.6 Å². The van der Waals surface area contributed by atoms with Crippen LogP contribution in [-0.4, -0.2) is 27.8 Å². The van der Waals surface area contributed by atoms with Crippen molar-refractivity contribution in [3.63, 3.8) is 0 Å². The minimum atomic E-state index is -0.827. The van der Waals surface area contributed by atoms with Crippen LogP contribution in [0.25, 0.3) is 21.5 Å². The van der Waals surface area contributed by atoms with Crippen LogP contribution >= 0.6 is 22.9 Å². The Morgan fingerprint density at radius 2 is 1.60 bits per heavy atom. The summed E-state index contributed by atoms with van der Waals surface area (Å²) in [5.41, 5.74) is 1.71. The number of carbonyl (C=O) groups is 3. The van der Waals surface area contributed by atoms with Gasteiger partial charge in [0.15, 0.2) is 0 Å². The van der Waals surface area contributed by atoms with E-state index in [0.717, 1.165) is 4.88 Å². The second kappa shape index (κ2) is 7.05. The van der Waals surface area contributed by atoms with Gasteiger partial charge < -0.3 is 4.84 Å². The Labute approximate surface area is 179 Å². The van der Waals surface area contributed by atoms with E-state index in [9.17, 15) is 14.4 Å². The maximum absolute atomic E-state index is 13.0. The standard InChI is InChI=1S/C22H11ClN2O4S/c23-19-10-9-18(30-19)17-11-15(12-5-3-4-8-16(12)24-17)22(28)29-25-20(26)13-6-1-2-7-14(13)21(25)27/h1-11H. The molecule has 0 atom stereocenters. The zero-order chi connectivity index (χ0) is 20.8. The zero-order valence-corrected chi connectivity index (χ0v) is 16.7. The first kappa shape index (κ1) is 18.5. The molecule has 1 aliphatic heterocycles. The van der Waals surface area contributed by atoms with Crippen molar-refractivity contribution in [2.24, 2.45) is 0 Å². The highest BCUT2D eigenvalue weighted by atomic mass is 35.5. The van der Waals surface area contributed by atoms with Crippen molar-refractivity contribution in [1.82, 2.24) is 10.0 Å². The van der Waals surface area contributed by atoms with Crippen LogP contribution in [0.1, 0.15) is 31.1 Å². The molecule has 6 nitrogen and oxygen atoms in total. The van der Waals surface area contributed by atoms with Gasteiger partial charge in [0, 0.05) is 5.39 Å². The van der Waals surface area contributed by atoms with Crippen LogP contribution in [-0.2, 0) is 4.84 Å². The molecule has 0 bridgehead atoms. The highest BCUT2D eigenvalue weighted by Crippen LogP contribution is 2.33. The van der Waals surface area contributed by atoms with Gasteiger partial charge in [-0.05, 0) is 36.4 Å². The second-order valence-electron chi connectivity index (χ2n) is 6.50. The van der Waals surface area contributed by atoms with E-state index in [-0.39, 0.29) is 16.7 Å². The van der Waals surface area contributed by atoms with E-state index >= 15 is 0 Å². The Balaban J connectivity index is 1.55. The monoisotopic (exact) mass is 434 g/mol. The number of hydrogen-bond donors (Lipinski definition) is 0. The van der Waals surface area contributed by atoms with Crippen LogP contribution in [0.4, 0.5) is 0 Å². The molecule has 4 aromatic rings. The number of fused-ring (bicyclic) bond motifs is 2. The van der Waals surface area contributed by atoms with Crippen LogP contribution in [0.2, 0.25) is 4.34 Å². The fourth-order valence-electron chi connectivity index (χ4n) is 3.30. The van der Waals surface area contributed by atoms with Gasteiger partial charge in [-0.3, -0.25) is 9.59 Å². The van der Waals surface area contributed by atoms with Crippen molar-refractivity contribution < 1.29 is 19.2 Å². The molecule has 0 fully saturated rings. The number of imide groups is 1. The predicted molar refractivity (Wildman–Crippen MR) is 112 cm³/mol. The number of pyridine rings is 1. The lowest BCUT2D eigenvalue weighted by Crippen LogP contribution is -2.32. The maximum Gasteiger partial charge on any atom is 0.364 e. The zero-order valence-electron chi connectivity index (χ0n) is 15.2. The lowest BCUT2D eigenvalue weighted by molar-refractivity contribution is -0.0583.